The van der Waals surface area contributed by atoms with Gasteiger partial charge in [0.1, 0.15) is 11.2 Å². The highest BCUT2D eigenvalue weighted by Crippen LogP contribution is 2.46. The van der Waals surface area contributed by atoms with Crippen LogP contribution in [-0.2, 0) is 11.8 Å². The molecule has 0 spiro atoms. The minimum atomic E-state index is -0.426. The fourth-order valence-electron chi connectivity index (χ4n) is 2.35. The van der Waals surface area contributed by atoms with Crippen molar-refractivity contribution >= 4 is 0 Å². The van der Waals surface area contributed by atoms with Crippen molar-refractivity contribution in [1.29, 1.82) is 5.26 Å². The Kier molecular flexibility index (Phi) is 3.02. The first-order valence-electron chi connectivity index (χ1n) is 7.03. The Morgan fingerprint density at radius 2 is 1.90 bits per heavy atom. The molecular weight excluding hydrogens is 246 g/mol. The van der Waals surface area contributed by atoms with Crippen LogP contribution in [0.3, 0.4) is 0 Å². The molecule has 100 valence electrons. The number of aromatic nitrogens is 2. The van der Waals surface area contributed by atoms with Gasteiger partial charge in [-0.15, -0.1) is 0 Å². The van der Waals surface area contributed by atoms with Gasteiger partial charge in [-0.3, -0.25) is 0 Å². The summed E-state index contributed by atoms with van der Waals surface area (Å²) in [4.78, 5) is 9.10. The molecule has 0 unspecified atom stereocenters. The number of rotatable bonds is 3. The van der Waals surface area contributed by atoms with E-state index in [2.05, 4.69) is 47.2 Å². The molecule has 1 aromatic carbocycles. The van der Waals surface area contributed by atoms with E-state index in [-0.39, 0.29) is 0 Å². The molecule has 3 heteroatoms. The Morgan fingerprint density at radius 1 is 1.20 bits per heavy atom. The van der Waals surface area contributed by atoms with Gasteiger partial charge in [-0.25, -0.2) is 9.97 Å². The number of hydrogen-bond acceptors (Lipinski definition) is 3. The molecule has 0 radical (unpaired) electrons. The van der Waals surface area contributed by atoms with Crippen LogP contribution in [0.5, 0.6) is 0 Å². The van der Waals surface area contributed by atoms with Crippen molar-refractivity contribution in [2.45, 2.75) is 38.5 Å². The van der Waals surface area contributed by atoms with E-state index in [4.69, 9.17) is 0 Å². The van der Waals surface area contributed by atoms with Crippen LogP contribution in [0.4, 0.5) is 0 Å². The Hall–Kier alpha value is -2.21. The second kappa shape index (κ2) is 4.72. The van der Waals surface area contributed by atoms with E-state index in [9.17, 15) is 5.26 Å². The third-order valence-electron chi connectivity index (χ3n) is 3.90. The fourth-order valence-corrected chi connectivity index (χ4v) is 2.35. The van der Waals surface area contributed by atoms with Crippen molar-refractivity contribution in [2.24, 2.45) is 0 Å². The van der Waals surface area contributed by atoms with Crippen molar-refractivity contribution < 1.29 is 0 Å². The van der Waals surface area contributed by atoms with Gasteiger partial charge in [-0.05, 0) is 37.8 Å². The van der Waals surface area contributed by atoms with Crippen LogP contribution in [0.25, 0.3) is 11.3 Å². The van der Waals surface area contributed by atoms with Crippen molar-refractivity contribution in [3.63, 3.8) is 0 Å². The van der Waals surface area contributed by atoms with Crippen molar-refractivity contribution in [3.8, 4) is 17.3 Å². The van der Waals surface area contributed by atoms with E-state index in [0.29, 0.717) is 5.82 Å². The number of benzene rings is 1. The maximum absolute atomic E-state index is 9.30. The SMILES string of the molecule is CCc1ccc(-c2cc(C)nc(C3(C#N)CC3)n2)cc1. The molecule has 0 N–H and O–H groups in total. The summed E-state index contributed by atoms with van der Waals surface area (Å²) in [5, 5.41) is 9.30. The predicted molar refractivity (Wildman–Crippen MR) is 78.1 cm³/mol. The van der Waals surface area contributed by atoms with Crippen molar-refractivity contribution in [1.82, 2.24) is 9.97 Å². The normalized spacial score (nSPS) is 15.7. The minimum Gasteiger partial charge on any atom is -0.236 e. The lowest BCUT2D eigenvalue weighted by Crippen LogP contribution is -2.10. The van der Waals surface area contributed by atoms with Crippen LogP contribution in [0.15, 0.2) is 30.3 Å². The van der Waals surface area contributed by atoms with Crippen LogP contribution in [-0.4, -0.2) is 9.97 Å². The van der Waals surface area contributed by atoms with Crippen LogP contribution in [0.1, 0.15) is 36.8 Å². The Labute approximate surface area is 119 Å². The predicted octanol–water partition coefficient (Wildman–Crippen LogP) is 3.57. The van der Waals surface area contributed by atoms with E-state index < -0.39 is 5.41 Å². The van der Waals surface area contributed by atoms with Crippen LogP contribution < -0.4 is 0 Å². The summed E-state index contributed by atoms with van der Waals surface area (Å²) in [5.41, 5.74) is 3.81. The summed E-state index contributed by atoms with van der Waals surface area (Å²) in [6, 6.07) is 12.8. The number of hydrogen-bond donors (Lipinski definition) is 0. The topological polar surface area (TPSA) is 49.6 Å². The molecule has 0 aliphatic heterocycles. The zero-order chi connectivity index (χ0) is 14.2. The number of nitrogens with zero attached hydrogens (tertiary/aromatic N) is 3. The van der Waals surface area contributed by atoms with Crippen LogP contribution in [0, 0.1) is 18.3 Å². The van der Waals surface area contributed by atoms with Crippen LogP contribution >= 0.6 is 0 Å². The Bertz CT molecular complexity index is 676. The van der Waals surface area contributed by atoms with E-state index >= 15 is 0 Å². The van der Waals surface area contributed by atoms with Gasteiger partial charge in [0.15, 0.2) is 0 Å². The van der Waals surface area contributed by atoms with Gasteiger partial charge in [0.05, 0.1) is 11.8 Å². The summed E-state index contributed by atoms with van der Waals surface area (Å²) < 4.78 is 0. The first-order chi connectivity index (χ1) is 9.66. The highest BCUT2D eigenvalue weighted by Gasteiger charge is 2.48. The molecule has 1 fully saturated rings. The van der Waals surface area contributed by atoms with Crippen molar-refractivity contribution in [3.05, 3.63) is 47.4 Å². The first-order valence-corrected chi connectivity index (χ1v) is 7.03. The third-order valence-corrected chi connectivity index (χ3v) is 3.90. The highest BCUT2D eigenvalue weighted by molar-refractivity contribution is 5.60. The molecule has 1 aliphatic carbocycles. The van der Waals surface area contributed by atoms with Gasteiger partial charge < -0.3 is 0 Å². The second-order valence-electron chi connectivity index (χ2n) is 5.46. The quantitative estimate of drug-likeness (QED) is 0.850. The molecule has 0 bridgehead atoms. The molecule has 20 heavy (non-hydrogen) atoms. The lowest BCUT2D eigenvalue weighted by atomic mass is 10.1. The summed E-state index contributed by atoms with van der Waals surface area (Å²) in [5.74, 6) is 0.689. The van der Waals surface area contributed by atoms with Gasteiger partial charge >= 0.3 is 0 Å². The summed E-state index contributed by atoms with van der Waals surface area (Å²) in [6.45, 7) is 4.11. The zero-order valence-corrected chi connectivity index (χ0v) is 11.8. The van der Waals surface area contributed by atoms with Gasteiger partial charge in [-0.1, -0.05) is 31.2 Å². The summed E-state index contributed by atoms with van der Waals surface area (Å²) in [6.07, 6.45) is 2.79. The molecule has 0 saturated heterocycles. The molecular formula is C17H17N3. The second-order valence-corrected chi connectivity index (χ2v) is 5.46. The monoisotopic (exact) mass is 263 g/mol. The molecule has 1 aliphatic rings. The summed E-state index contributed by atoms with van der Waals surface area (Å²) in [7, 11) is 0. The lowest BCUT2D eigenvalue weighted by molar-refractivity contribution is 0.789. The third kappa shape index (κ3) is 2.18. The number of nitriles is 1. The minimum absolute atomic E-state index is 0.426. The van der Waals surface area contributed by atoms with Crippen molar-refractivity contribution in [2.75, 3.05) is 0 Å². The van der Waals surface area contributed by atoms with Gasteiger partial charge in [0.25, 0.3) is 0 Å². The molecule has 1 heterocycles. The average molecular weight is 263 g/mol. The lowest BCUT2D eigenvalue weighted by Gasteiger charge is -2.09. The van der Waals surface area contributed by atoms with E-state index in [1.165, 1.54) is 5.56 Å². The molecule has 0 amide bonds. The Morgan fingerprint density at radius 3 is 2.45 bits per heavy atom. The van der Waals surface area contributed by atoms with E-state index in [1.54, 1.807) is 0 Å². The molecule has 0 atom stereocenters. The highest BCUT2D eigenvalue weighted by atomic mass is 14.9. The van der Waals surface area contributed by atoms with Gasteiger partial charge in [0.2, 0.25) is 0 Å². The maximum Gasteiger partial charge on any atom is 0.149 e. The zero-order valence-electron chi connectivity index (χ0n) is 11.8. The van der Waals surface area contributed by atoms with Gasteiger partial charge in [-0.2, -0.15) is 5.26 Å². The largest absolute Gasteiger partial charge is 0.236 e. The smallest absolute Gasteiger partial charge is 0.149 e. The van der Waals surface area contributed by atoms with Crippen LogP contribution in [0.2, 0.25) is 0 Å². The molecule has 2 aromatic rings. The first kappa shape index (κ1) is 12.8. The van der Waals surface area contributed by atoms with Gasteiger partial charge in [0, 0.05) is 11.3 Å². The Balaban J connectivity index is 2.03. The fraction of sp³-hybridized carbons (Fsp3) is 0.353. The summed E-state index contributed by atoms with van der Waals surface area (Å²) >= 11 is 0. The van der Waals surface area contributed by atoms with E-state index in [0.717, 1.165) is 36.2 Å². The molecule has 3 rings (SSSR count). The molecule has 1 aromatic heterocycles. The van der Waals surface area contributed by atoms with E-state index in [1.807, 2.05) is 13.0 Å². The maximum atomic E-state index is 9.30. The number of aryl methyl sites for hydroxylation is 2. The molecule has 3 nitrogen and oxygen atoms in total. The molecule has 1 saturated carbocycles. The average Bonchev–Trinajstić information content (AvgIpc) is 3.28. The standard InChI is InChI=1S/C17H17N3/c1-3-13-4-6-14(7-5-13)15-10-12(2)19-16(20-15)17(11-18)8-9-17/h4-7,10H,3,8-9H2,1-2H3.